The van der Waals surface area contributed by atoms with E-state index in [0.29, 0.717) is 15.5 Å². The van der Waals surface area contributed by atoms with Crippen LogP contribution in [0.2, 0.25) is 0 Å². The first-order valence-electron chi connectivity index (χ1n) is 12.5. The van der Waals surface area contributed by atoms with Crippen LogP contribution in [0.4, 0.5) is 10.1 Å². The molecule has 0 bridgehead atoms. The SMILES string of the molecule is [2H]C([2H])([2H])N(Cc1cc(OC([2H])([2H])C([2H])([2H])C([2H])([2H])F)ccc1Sc1ccccc1N)C([2H])([2H])[2H]. The number of halogens is 1. The van der Waals surface area contributed by atoms with Gasteiger partial charge in [0.1, 0.15) is 5.75 Å². The van der Waals surface area contributed by atoms with Crippen LogP contribution in [0, 0.1) is 0 Å². The summed E-state index contributed by atoms with van der Waals surface area (Å²) in [6, 6.07) is 10.3. The summed E-state index contributed by atoms with van der Waals surface area (Å²) in [5.41, 5.74) is 6.41. The van der Waals surface area contributed by atoms with Gasteiger partial charge in [0.15, 0.2) is 0 Å². The Balaban J connectivity index is 2.56. The van der Waals surface area contributed by atoms with E-state index in [1.54, 1.807) is 24.3 Å². The summed E-state index contributed by atoms with van der Waals surface area (Å²) in [5, 5.41) is 0. The maximum Gasteiger partial charge on any atom is 0.119 e. The number of nitrogens with two attached hydrogens (primary N) is 1. The Kier molecular flexibility index (Phi) is 2.85. The molecule has 0 aliphatic rings. The summed E-state index contributed by atoms with van der Waals surface area (Å²) in [4.78, 5) is 1.18. The van der Waals surface area contributed by atoms with Crippen molar-refractivity contribution in [2.24, 2.45) is 0 Å². The van der Waals surface area contributed by atoms with E-state index in [2.05, 4.69) is 0 Å². The molecule has 0 saturated carbocycles. The van der Waals surface area contributed by atoms with Crippen LogP contribution in [0.1, 0.15) is 28.4 Å². The highest BCUT2D eigenvalue weighted by atomic mass is 32.2. The second-order valence-electron chi connectivity index (χ2n) is 4.42. The lowest BCUT2D eigenvalue weighted by molar-refractivity contribution is 0.288. The minimum absolute atomic E-state index is 0.0580. The molecule has 2 aromatic carbocycles. The molecular weight excluding hydrogens is 311 g/mol. The van der Waals surface area contributed by atoms with Crippen LogP contribution in [-0.4, -0.2) is 32.0 Å². The highest BCUT2D eigenvalue weighted by Gasteiger charge is 2.09. The minimum Gasteiger partial charge on any atom is -0.493 e. The van der Waals surface area contributed by atoms with E-state index in [0.717, 1.165) is 17.8 Å². The second-order valence-corrected chi connectivity index (χ2v) is 5.50. The van der Waals surface area contributed by atoms with Gasteiger partial charge >= 0.3 is 0 Å². The number of hydrogen-bond donors (Lipinski definition) is 1. The summed E-state index contributed by atoms with van der Waals surface area (Å²) in [7, 11) is 0. The lowest BCUT2D eigenvalue weighted by Crippen LogP contribution is -2.11. The predicted molar refractivity (Wildman–Crippen MR) is 94.9 cm³/mol. The van der Waals surface area contributed by atoms with Gasteiger partial charge in [-0.15, -0.1) is 0 Å². The van der Waals surface area contributed by atoms with Gasteiger partial charge in [-0.25, -0.2) is 0 Å². The van der Waals surface area contributed by atoms with Crippen molar-refractivity contribution in [3.8, 4) is 5.75 Å². The van der Waals surface area contributed by atoms with Gasteiger partial charge in [-0.3, -0.25) is 4.39 Å². The number of hydrogen-bond acceptors (Lipinski definition) is 4. The van der Waals surface area contributed by atoms with E-state index in [9.17, 15) is 4.39 Å². The number of nitrogen functional groups attached to an aromatic ring is 1. The summed E-state index contributed by atoms with van der Waals surface area (Å²) in [6.45, 7) is -14.3. The number of rotatable bonds is 8. The Bertz CT molecular complexity index is 1030. The third kappa shape index (κ3) is 5.44. The zero-order valence-electron chi connectivity index (χ0n) is 24.0. The lowest BCUT2D eigenvalue weighted by Gasteiger charge is -2.16. The second kappa shape index (κ2) is 8.79. The molecule has 0 saturated heterocycles. The molecule has 2 N–H and O–H groups in total. The molecule has 0 unspecified atom stereocenters. The van der Waals surface area contributed by atoms with Gasteiger partial charge in [-0.1, -0.05) is 23.9 Å². The van der Waals surface area contributed by atoms with Crippen molar-refractivity contribution in [2.75, 3.05) is 32.9 Å². The Hall–Kier alpha value is -1.72. The molecule has 3 nitrogen and oxygen atoms in total. The Morgan fingerprint density at radius 2 is 2.09 bits per heavy atom. The Morgan fingerprint density at radius 1 is 1.26 bits per heavy atom. The molecule has 23 heavy (non-hydrogen) atoms. The zero-order chi connectivity index (χ0) is 27.0. The number of alkyl halides is 1. The third-order valence-electron chi connectivity index (χ3n) is 2.77. The molecule has 0 heterocycles. The fourth-order valence-electron chi connectivity index (χ4n) is 1.81. The van der Waals surface area contributed by atoms with Crippen LogP contribution in [-0.2, 0) is 6.54 Å². The number of ether oxygens (including phenoxy) is 1. The van der Waals surface area contributed by atoms with Crippen LogP contribution in [0.5, 0.6) is 5.75 Å². The Labute approximate surface area is 158 Å². The first-order valence-corrected chi connectivity index (χ1v) is 7.29. The fourth-order valence-corrected chi connectivity index (χ4v) is 2.77. The molecular formula is C18H23FN2OS. The van der Waals surface area contributed by atoms with E-state index in [1.807, 2.05) is 0 Å². The molecule has 0 fully saturated rings. The molecule has 0 aliphatic heterocycles. The predicted octanol–water partition coefficient (Wildman–Crippen LogP) is 4.22. The van der Waals surface area contributed by atoms with Crippen LogP contribution < -0.4 is 10.5 Å². The van der Waals surface area contributed by atoms with Gasteiger partial charge in [-0.05, 0) is 49.8 Å². The van der Waals surface area contributed by atoms with Gasteiger partial charge in [0, 0.05) is 39.4 Å². The third-order valence-corrected chi connectivity index (χ3v) is 3.98. The molecule has 0 spiro atoms. The fraction of sp³-hybridized carbons (Fsp3) is 0.333. The minimum atomic E-state index is -4.10. The van der Waals surface area contributed by atoms with E-state index in [4.69, 9.17) is 26.9 Å². The first-order chi connectivity index (χ1) is 15.7. The van der Waals surface area contributed by atoms with Crippen LogP contribution in [0.3, 0.4) is 0 Å². The molecule has 0 atom stereocenters. The summed E-state index contributed by atoms with van der Waals surface area (Å²) >= 11 is 1.08. The number of nitrogens with zero attached hydrogens (tertiary/aromatic N) is 1. The van der Waals surface area contributed by atoms with E-state index >= 15 is 0 Å². The van der Waals surface area contributed by atoms with Crippen LogP contribution in [0.25, 0.3) is 0 Å². The molecule has 2 rings (SSSR count). The van der Waals surface area contributed by atoms with Gasteiger partial charge in [-0.2, -0.15) is 0 Å². The molecule has 5 heteroatoms. The molecule has 2 aromatic rings. The van der Waals surface area contributed by atoms with Crippen molar-refractivity contribution in [3.63, 3.8) is 0 Å². The summed E-state index contributed by atoms with van der Waals surface area (Å²) in [6.07, 6.45) is -3.73. The number of para-hydroxylation sites is 1. The quantitative estimate of drug-likeness (QED) is 0.726. The smallest absolute Gasteiger partial charge is 0.119 e. The average Bonchev–Trinajstić information content (AvgIpc) is 2.66. The first kappa shape index (κ1) is 7.45. The van der Waals surface area contributed by atoms with Crippen molar-refractivity contribution in [1.29, 1.82) is 0 Å². The van der Waals surface area contributed by atoms with Crippen molar-refractivity contribution >= 4 is 17.4 Å². The largest absolute Gasteiger partial charge is 0.493 e. The van der Waals surface area contributed by atoms with E-state index < -0.39 is 45.8 Å². The van der Waals surface area contributed by atoms with Crippen molar-refractivity contribution in [1.82, 2.24) is 4.90 Å². The van der Waals surface area contributed by atoms with E-state index in [-0.39, 0.29) is 10.5 Å². The van der Waals surface area contributed by atoms with Gasteiger partial charge < -0.3 is 15.4 Å². The maximum absolute atomic E-state index is 13.7. The van der Waals surface area contributed by atoms with Crippen LogP contribution in [0.15, 0.2) is 52.3 Å². The normalized spacial score (nSPS) is 21.7. The van der Waals surface area contributed by atoms with Crippen molar-refractivity contribution in [2.45, 2.75) is 22.7 Å². The maximum atomic E-state index is 13.7. The zero-order valence-corrected chi connectivity index (χ0v) is 12.8. The van der Waals surface area contributed by atoms with Crippen LogP contribution >= 0.6 is 11.8 Å². The summed E-state index contributed by atoms with van der Waals surface area (Å²) in [5.74, 6) is -0.403. The standard InChI is InChI=1S/C18H23FN2OS/c1-21(2)13-14-12-15(22-11-5-10-19)8-9-17(14)23-18-7-4-3-6-16(18)20/h3-4,6-9,12H,5,10-11,13,20H2,1-2H3/i1D3,2D3,5D2,10D2,11D2. The van der Waals surface area contributed by atoms with Gasteiger partial charge in [0.05, 0.1) is 18.7 Å². The topological polar surface area (TPSA) is 38.5 Å². The van der Waals surface area contributed by atoms with E-state index in [1.165, 1.54) is 12.1 Å². The molecule has 0 aromatic heterocycles. The molecule has 124 valence electrons. The highest BCUT2D eigenvalue weighted by molar-refractivity contribution is 7.99. The lowest BCUT2D eigenvalue weighted by atomic mass is 10.2. The summed E-state index contributed by atoms with van der Waals surface area (Å²) < 4.78 is 109. The molecule has 0 amide bonds. The monoisotopic (exact) mass is 346 g/mol. The number of anilines is 1. The highest BCUT2D eigenvalue weighted by Crippen LogP contribution is 2.35. The van der Waals surface area contributed by atoms with Gasteiger partial charge in [0.25, 0.3) is 0 Å². The van der Waals surface area contributed by atoms with Crippen molar-refractivity contribution < 1.29 is 25.6 Å². The number of benzene rings is 2. The van der Waals surface area contributed by atoms with Gasteiger partial charge in [0.2, 0.25) is 0 Å². The molecule has 0 aliphatic carbocycles. The Morgan fingerprint density at radius 3 is 2.83 bits per heavy atom. The average molecular weight is 347 g/mol. The molecule has 0 radical (unpaired) electrons. The van der Waals surface area contributed by atoms with Crippen molar-refractivity contribution in [3.05, 3.63) is 48.0 Å².